The molecule has 0 aliphatic carbocycles. The molecule has 1 amide bonds. The first-order valence-electron chi connectivity index (χ1n) is 7.91. The number of nitrogens with zero attached hydrogens (tertiary/aromatic N) is 2. The Kier molecular flexibility index (Phi) is 5.36. The van der Waals surface area contributed by atoms with Crippen LogP contribution in [0.2, 0.25) is 0 Å². The topological polar surface area (TPSA) is 68.0 Å². The van der Waals surface area contributed by atoms with Gasteiger partial charge in [-0.15, -0.1) is 0 Å². The first-order valence-corrected chi connectivity index (χ1v) is 7.91. The van der Waals surface area contributed by atoms with Crippen LogP contribution in [0.3, 0.4) is 0 Å². The normalized spacial score (nSPS) is 16.3. The van der Waals surface area contributed by atoms with E-state index in [1.165, 1.54) is 0 Å². The van der Waals surface area contributed by atoms with Gasteiger partial charge < -0.3 is 20.1 Å². The summed E-state index contributed by atoms with van der Waals surface area (Å²) in [7, 11) is 1.63. The lowest BCUT2D eigenvalue weighted by atomic mass is 10.1. The summed E-state index contributed by atoms with van der Waals surface area (Å²) in [6.45, 7) is 9.39. The molecule has 1 saturated heterocycles. The Morgan fingerprint density at radius 2 is 1.87 bits per heavy atom. The lowest BCUT2D eigenvalue weighted by Gasteiger charge is -2.35. The Balaban J connectivity index is 1.86. The number of carbonyl (C=O) groups excluding carboxylic acids is 1. The van der Waals surface area contributed by atoms with Gasteiger partial charge in [-0.05, 0) is 32.4 Å². The molecule has 23 heavy (non-hydrogen) atoms. The Labute approximate surface area is 138 Å². The molecule has 0 atom stereocenters. The maximum absolute atomic E-state index is 12.1. The molecule has 1 aromatic rings. The number of nitrogens with two attached hydrogens (primary N) is 1. The molecule has 6 heteroatoms. The van der Waals surface area contributed by atoms with Crippen molar-refractivity contribution in [3.05, 3.63) is 23.8 Å². The van der Waals surface area contributed by atoms with Crippen molar-refractivity contribution in [2.75, 3.05) is 39.0 Å². The highest BCUT2D eigenvalue weighted by atomic mass is 16.6. The van der Waals surface area contributed by atoms with E-state index in [0.717, 1.165) is 36.6 Å². The van der Waals surface area contributed by atoms with Crippen molar-refractivity contribution in [3.8, 4) is 5.75 Å². The van der Waals surface area contributed by atoms with Gasteiger partial charge in [-0.25, -0.2) is 4.79 Å². The van der Waals surface area contributed by atoms with Crippen LogP contribution in [0, 0.1) is 0 Å². The molecule has 1 aliphatic rings. The summed E-state index contributed by atoms with van der Waals surface area (Å²) >= 11 is 0. The molecule has 1 fully saturated rings. The first-order chi connectivity index (χ1) is 10.8. The van der Waals surface area contributed by atoms with E-state index in [0.29, 0.717) is 13.1 Å². The van der Waals surface area contributed by atoms with Gasteiger partial charge in [0, 0.05) is 44.5 Å². The molecule has 128 valence electrons. The van der Waals surface area contributed by atoms with Gasteiger partial charge in [-0.3, -0.25) is 4.90 Å². The van der Waals surface area contributed by atoms with Crippen LogP contribution in [0.5, 0.6) is 5.75 Å². The van der Waals surface area contributed by atoms with Crippen molar-refractivity contribution in [1.82, 2.24) is 9.80 Å². The third-order valence-corrected chi connectivity index (χ3v) is 3.77. The van der Waals surface area contributed by atoms with E-state index in [9.17, 15) is 4.79 Å². The van der Waals surface area contributed by atoms with Gasteiger partial charge in [0.2, 0.25) is 0 Å². The number of amides is 1. The minimum absolute atomic E-state index is 0.235. The Morgan fingerprint density at radius 1 is 1.22 bits per heavy atom. The van der Waals surface area contributed by atoms with E-state index >= 15 is 0 Å². The van der Waals surface area contributed by atoms with Crippen molar-refractivity contribution < 1.29 is 14.3 Å². The number of carbonyl (C=O) groups is 1. The summed E-state index contributed by atoms with van der Waals surface area (Å²) in [4.78, 5) is 16.1. The Hall–Kier alpha value is -1.95. The standard InChI is InChI=1S/C17H27N3O3/c1-17(2,3)23-16(21)20-9-7-19(8-10-20)12-13-5-6-14(22-4)11-15(13)18/h5-6,11H,7-10,12,18H2,1-4H3. The molecule has 2 N–H and O–H groups in total. The number of piperazine rings is 1. The largest absolute Gasteiger partial charge is 0.497 e. The number of anilines is 1. The van der Waals surface area contributed by atoms with Crippen LogP contribution in [0.1, 0.15) is 26.3 Å². The van der Waals surface area contributed by atoms with E-state index in [2.05, 4.69) is 4.90 Å². The smallest absolute Gasteiger partial charge is 0.410 e. The maximum atomic E-state index is 12.1. The van der Waals surface area contributed by atoms with Crippen molar-refractivity contribution in [2.24, 2.45) is 0 Å². The van der Waals surface area contributed by atoms with E-state index < -0.39 is 5.60 Å². The minimum Gasteiger partial charge on any atom is -0.497 e. The van der Waals surface area contributed by atoms with Gasteiger partial charge >= 0.3 is 6.09 Å². The third kappa shape index (κ3) is 5.03. The summed E-state index contributed by atoms with van der Waals surface area (Å²) in [6, 6.07) is 5.75. The lowest BCUT2D eigenvalue weighted by molar-refractivity contribution is 0.0139. The second-order valence-electron chi connectivity index (χ2n) is 6.81. The van der Waals surface area contributed by atoms with E-state index in [-0.39, 0.29) is 6.09 Å². The molecule has 1 heterocycles. The average molecular weight is 321 g/mol. The van der Waals surface area contributed by atoms with Crippen LogP contribution in [0.25, 0.3) is 0 Å². The molecule has 0 radical (unpaired) electrons. The SMILES string of the molecule is COc1ccc(CN2CCN(C(=O)OC(C)(C)C)CC2)c(N)c1. The van der Waals surface area contributed by atoms with E-state index in [1.807, 2.05) is 39.0 Å². The zero-order valence-corrected chi connectivity index (χ0v) is 14.5. The van der Waals surface area contributed by atoms with Gasteiger partial charge in [-0.2, -0.15) is 0 Å². The average Bonchev–Trinajstić information content (AvgIpc) is 2.48. The molecule has 0 saturated carbocycles. The van der Waals surface area contributed by atoms with Crippen molar-refractivity contribution in [3.63, 3.8) is 0 Å². The predicted octanol–water partition coefficient (Wildman–Crippen LogP) is 2.33. The highest BCUT2D eigenvalue weighted by Crippen LogP contribution is 2.21. The minimum atomic E-state index is -0.453. The Bertz CT molecular complexity index is 547. The third-order valence-electron chi connectivity index (χ3n) is 3.77. The summed E-state index contributed by atoms with van der Waals surface area (Å²) in [5, 5.41) is 0. The highest BCUT2D eigenvalue weighted by molar-refractivity contribution is 5.68. The molecular formula is C17H27N3O3. The molecule has 0 aromatic heterocycles. The molecular weight excluding hydrogens is 294 g/mol. The summed E-state index contributed by atoms with van der Waals surface area (Å²) < 4.78 is 10.6. The number of methoxy groups -OCH3 is 1. The molecule has 0 spiro atoms. The monoisotopic (exact) mass is 321 g/mol. The van der Waals surface area contributed by atoms with Crippen LogP contribution in [0.15, 0.2) is 18.2 Å². The van der Waals surface area contributed by atoms with Crippen LogP contribution in [-0.4, -0.2) is 54.8 Å². The highest BCUT2D eigenvalue weighted by Gasteiger charge is 2.25. The van der Waals surface area contributed by atoms with Crippen molar-refractivity contribution in [1.29, 1.82) is 0 Å². The van der Waals surface area contributed by atoms with Crippen molar-refractivity contribution >= 4 is 11.8 Å². The second kappa shape index (κ2) is 7.08. The summed E-state index contributed by atoms with van der Waals surface area (Å²) in [6.07, 6.45) is -0.235. The summed E-state index contributed by atoms with van der Waals surface area (Å²) in [5.74, 6) is 0.765. The fraction of sp³-hybridized carbons (Fsp3) is 0.588. The van der Waals surface area contributed by atoms with Gasteiger partial charge in [0.15, 0.2) is 0 Å². The predicted molar refractivity (Wildman–Crippen MR) is 90.5 cm³/mol. The second-order valence-corrected chi connectivity index (χ2v) is 6.81. The number of hydrogen-bond donors (Lipinski definition) is 1. The Morgan fingerprint density at radius 3 is 2.39 bits per heavy atom. The number of nitrogen functional groups attached to an aromatic ring is 1. The van der Waals surface area contributed by atoms with Crippen LogP contribution < -0.4 is 10.5 Å². The molecule has 1 aromatic carbocycles. The molecule has 0 bridgehead atoms. The molecule has 1 aliphatic heterocycles. The van der Waals surface area contributed by atoms with Gasteiger partial charge in [0.25, 0.3) is 0 Å². The molecule has 2 rings (SSSR count). The van der Waals surface area contributed by atoms with Crippen LogP contribution >= 0.6 is 0 Å². The van der Waals surface area contributed by atoms with E-state index in [1.54, 1.807) is 12.0 Å². The zero-order valence-electron chi connectivity index (χ0n) is 14.5. The number of ether oxygens (including phenoxy) is 2. The van der Waals surface area contributed by atoms with Gasteiger partial charge in [0.1, 0.15) is 11.4 Å². The fourth-order valence-electron chi connectivity index (χ4n) is 2.50. The van der Waals surface area contributed by atoms with E-state index in [4.69, 9.17) is 15.2 Å². The number of rotatable bonds is 3. The maximum Gasteiger partial charge on any atom is 0.410 e. The molecule has 6 nitrogen and oxygen atoms in total. The zero-order chi connectivity index (χ0) is 17.0. The van der Waals surface area contributed by atoms with Gasteiger partial charge in [0.05, 0.1) is 7.11 Å². The number of benzene rings is 1. The van der Waals surface area contributed by atoms with Crippen LogP contribution in [-0.2, 0) is 11.3 Å². The molecule has 0 unspecified atom stereocenters. The van der Waals surface area contributed by atoms with Gasteiger partial charge in [-0.1, -0.05) is 6.07 Å². The van der Waals surface area contributed by atoms with Crippen molar-refractivity contribution in [2.45, 2.75) is 32.9 Å². The fourth-order valence-corrected chi connectivity index (χ4v) is 2.50. The summed E-state index contributed by atoms with van der Waals surface area (Å²) in [5.41, 5.74) is 7.43. The lowest BCUT2D eigenvalue weighted by Crippen LogP contribution is -2.49. The quantitative estimate of drug-likeness (QED) is 0.866. The first kappa shape index (κ1) is 17.4. The van der Waals surface area contributed by atoms with Crippen LogP contribution in [0.4, 0.5) is 10.5 Å². The number of hydrogen-bond acceptors (Lipinski definition) is 5.